The maximum absolute atomic E-state index is 10.8. The summed E-state index contributed by atoms with van der Waals surface area (Å²) in [7, 11) is 0. The zero-order valence-electron chi connectivity index (χ0n) is 8.83. The number of primary amides is 1. The first-order valence-electron chi connectivity index (χ1n) is 4.58. The fourth-order valence-corrected chi connectivity index (χ4v) is 1.12. The Balaban J connectivity index is 2.91. The van der Waals surface area contributed by atoms with Crippen LogP contribution in [0.15, 0.2) is 12.1 Å². The molecule has 7 heteroatoms. The Bertz CT molecular complexity index is 463. The van der Waals surface area contributed by atoms with Crippen LogP contribution >= 0.6 is 0 Å². The summed E-state index contributed by atoms with van der Waals surface area (Å²) in [6.45, 7) is -0.217. The van der Waals surface area contributed by atoms with E-state index in [0.29, 0.717) is 0 Å². The highest BCUT2D eigenvalue weighted by Crippen LogP contribution is 2.08. The molecule has 0 aliphatic carbocycles. The summed E-state index contributed by atoms with van der Waals surface area (Å²) in [5.41, 5.74) is 5.00. The number of carbonyl (C=O) groups excluding carboxylic acids is 1. The van der Waals surface area contributed by atoms with Crippen molar-refractivity contribution >= 4 is 17.7 Å². The zero-order chi connectivity index (χ0) is 12.8. The van der Waals surface area contributed by atoms with Crippen molar-refractivity contribution in [2.75, 3.05) is 18.0 Å². The molecule has 0 aliphatic heterocycles. The maximum Gasteiger partial charge on any atom is 0.323 e. The quantitative estimate of drug-likeness (QED) is 0.639. The van der Waals surface area contributed by atoms with E-state index in [2.05, 4.69) is 16.1 Å². The molecule has 0 radical (unpaired) electrons. The zero-order valence-corrected chi connectivity index (χ0v) is 8.83. The van der Waals surface area contributed by atoms with Gasteiger partial charge in [-0.2, -0.15) is 0 Å². The highest BCUT2D eigenvalue weighted by atomic mass is 16.4. The number of carbonyl (C=O) groups is 2. The molecule has 3 N–H and O–H groups in total. The van der Waals surface area contributed by atoms with Crippen LogP contribution in [0.25, 0.3) is 0 Å². The lowest BCUT2D eigenvalue weighted by molar-refractivity contribution is -0.135. The molecule has 17 heavy (non-hydrogen) atoms. The topological polar surface area (TPSA) is 109 Å². The van der Waals surface area contributed by atoms with Gasteiger partial charge in [0.2, 0.25) is 0 Å². The Morgan fingerprint density at radius 3 is 2.59 bits per heavy atom. The van der Waals surface area contributed by atoms with Crippen molar-refractivity contribution < 1.29 is 14.7 Å². The van der Waals surface area contributed by atoms with Crippen LogP contribution in [-0.2, 0) is 4.79 Å². The Kier molecular flexibility index (Phi) is 4.00. The second-order valence-corrected chi connectivity index (χ2v) is 3.09. The predicted molar refractivity (Wildman–Crippen MR) is 59.2 cm³/mol. The van der Waals surface area contributed by atoms with E-state index in [9.17, 15) is 9.59 Å². The van der Waals surface area contributed by atoms with Gasteiger partial charge in [0.15, 0.2) is 11.5 Å². The minimum absolute atomic E-state index is 0.00438. The standard InChI is InChI=1S/C10H10N4O3/c1-2-5-14(6-9(15)16)8-4-3-7(10(11)17)12-13-8/h1,3-4H,5-6H2,(H2,11,17)(H,15,16). The summed E-state index contributed by atoms with van der Waals surface area (Å²) in [6, 6.07) is 2.80. The summed E-state index contributed by atoms with van der Waals surface area (Å²) in [6.07, 6.45) is 5.11. The molecule has 7 nitrogen and oxygen atoms in total. The number of aliphatic carboxylic acids is 1. The van der Waals surface area contributed by atoms with Gasteiger partial charge < -0.3 is 15.7 Å². The number of aromatic nitrogens is 2. The molecule has 0 saturated carbocycles. The van der Waals surface area contributed by atoms with E-state index in [4.69, 9.17) is 17.3 Å². The summed E-state index contributed by atoms with van der Waals surface area (Å²) in [4.78, 5) is 22.7. The van der Waals surface area contributed by atoms with Crippen molar-refractivity contribution in [2.24, 2.45) is 5.73 Å². The molecule has 0 aromatic carbocycles. The minimum Gasteiger partial charge on any atom is -0.480 e. The molecule has 0 fully saturated rings. The third kappa shape index (κ3) is 3.46. The normalized spacial score (nSPS) is 9.35. The van der Waals surface area contributed by atoms with Gasteiger partial charge in [-0.3, -0.25) is 9.59 Å². The maximum atomic E-state index is 10.8. The highest BCUT2D eigenvalue weighted by molar-refractivity contribution is 5.90. The van der Waals surface area contributed by atoms with Crippen LogP contribution in [0.3, 0.4) is 0 Å². The summed E-state index contributed by atoms with van der Waals surface area (Å²) in [5, 5.41) is 15.9. The number of rotatable bonds is 5. The first-order valence-corrected chi connectivity index (χ1v) is 4.58. The lowest BCUT2D eigenvalue weighted by atomic mass is 10.3. The van der Waals surface area contributed by atoms with Crippen LogP contribution in [0, 0.1) is 12.3 Å². The second-order valence-electron chi connectivity index (χ2n) is 3.09. The molecule has 0 unspecified atom stereocenters. The summed E-state index contributed by atoms with van der Waals surface area (Å²) < 4.78 is 0. The van der Waals surface area contributed by atoms with E-state index in [1.807, 2.05) is 0 Å². The Morgan fingerprint density at radius 1 is 1.47 bits per heavy atom. The van der Waals surface area contributed by atoms with Crippen LogP contribution in [0.5, 0.6) is 0 Å². The van der Waals surface area contributed by atoms with Gasteiger partial charge in [0.25, 0.3) is 5.91 Å². The van der Waals surface area contributed by atoms with Crippen molar-refractivity contribution in [3.63, 3.8) is 0 Å². The molecular weight excluding hydrogens is 224 g/mol. The largest absolute Gasteiger partial charge is 0.480 e. The molecule has 1 heterocycles. The number of terminal acetylenes is 1. The van der Waals surface area contributed by atoms with Gasteiger partial charge in [-0.05, 0) is 12.1 Å². The molecule has 0 aliphatic rings. The smallest absolute Gasteiger partial charge is 0.323 e. The van der Waals surface area contributed by atoms with Crippen molar-refractivity contribution in [1.29, 1.82) is 0 Å². The number of nitrogens with two attached hydrogens (primary N) is 1. The average molecular weight is 234 g/mol. The Hall–Kier alpha value is -2.62. The first-order chi connectivity index (χ1) is 8.04. The molecule has 0 atom stereocenters. The van der Waals surface area contributed by atoms with Gasteiger partial charge in [-0.15, -0.1) is 16.6 Å². The van der Waals surface area contributed by atoms with E-state index in [0.717, 1.165) is 0 Å². The van der Waals surface area contributed by atoms with Gasteiger partial charge in [-0.25, -0.2) is 0 Å². The van der Waals surface area contributed by atoms with Gasteiger partial charge in [-0.1, -0.05) is 5.92 Å². The van der Waals surface area contributed by atoms with Crippen molar-refractivity contribution in [3.05, 3.63) is 17.8 Å². The summed E-state index contributed by atoms with van der Waals surface area (Å²) >= 11 is 0. The highest BCUT2D eigenvalue weighted by Gasteiger charge is 2.12. The molecule has 0 saturated heterocycles. The second kappa shape index (κ2) is 5.46. The molecule has 1 aromatic heterocycles. The van der Waals surface area contributed by atoms with E-state index in [1.54, 1.807) is 0 Å². The van der Waals surface area contributed by atoms with Gasteiger partial charge in [0.05, 0.1) is 6.54 Å². The van der Waals surface area contributed by atoms with E-state index < -0.39 is 11.9 Å². The van der Waals surface area contributed by atoms with Crippen LogP contribution in [-0.4, -0.2) is 40.3 Å². The number of amides is 1. The number of carboxylic acids is 1. The molecule has 1 amide bonds. The fraction of sp³-hybridized carbons (Fsp3) is 0.200. The predicted octanol–water partition coefficient (Wildman–Crippen LogP) is -0.900. The molecule has 1 rings (SSSR count). The van der Waals surface area contributed by atoms with Crippen molar-refractivity contribution in [1.82, 2.24) is 10.2 Å². The van der Waals surface area contributed by atoms with Crippen molar-refractivity contribution in [3.8, 4) is 12.3 Å². The third-order valence-electron chi connectivity index (χ3n) is 1.84. The third-order valence-corrected chi connectivity index (χ3v) is 1.84. The van der Waals surface area contributed by atoms with Crippen LogP contribution in [0.4, 0.5) is 5.82 Å². The molecule has 88 valence electrons. The average Bonchev–Trinajstić information content (AvgIpc) is 2.28. The van der Waals surface area contributed by atoms with E-state index in [-0.39, 0.29) is 24.6 Å². The lowest BCUT2D eigenvalue weighted by Crippen LogP contribution is -2.31. The Labute approximate surface area is 97.2 Å². The van der Waals surface area contributed by atoms with Crippen LogP contribution in [0.2, 0.25) is 0 Å². The van der Waals surface area contributed by atoms with E-state index in [1.165, 1.54) is 17.0 Å². The number of nitrogens with zero attached hydrogens (tertiary/aromatic N) is 3. The van der Waals surface area contributed by atoms with Gasteiger partial charge in [0, 0.05) is 0 Å². The fourth-order valence-electron chi connectivity index (χ4n) is 1.12. The molecular formula is C10H10N4O3. The van der Waals surface area contributed by atoms with Gasteiger partial charge >= 0.3 is 5.97 Å². The lowest BCUT2D eigenvalue weighted by Gasteiger charge is -2.17. The monoisotopic (exact) mass is 234 g/mol. The molecule has 1 aromatic rings. The van der Waals surface area contributed by atoms with Gasteiger partial charge in [0.1, 0.15) is 6.54 Å². The minimum atomic E-state index is -1.04. The number of carboxylic acid groups (broad SMARTS) is 1. The number of hydrogen-bond acceptors (Lipinski definition) is 5. The van der Waals surface area contributed by atoms with Crippen LogP contribution in [0.1, 0.15) is 10.5 Å². The van der Waals surface area contributed by atoms with Crippen LogP contribution < -0.4 is 10.6 Å². The summed E-state index contributed by atoms with van der Waals surface area (Å²) in [5.74, 6) is 0.842. The van der Waals surface area contributed by atoms with Crippen molar-refractivity contribution in [2.45, 2.75) is 0 Å². The molecule has 0 spiro atoms. The number of anilines is 1. The molecule has 0 bridgehead atoms. The number of hydrogen-bond donors (Lipinski definition) is 2. The Morgan fingerprint density at radius 2 is 2.18 bits per heavy atom. The SMILES string of the molecule is C#CCN(CC(=O)O)c1ccc(C(N)=O)nn1. The van der Waals surface area contributed by atoms with E-state index >= 15 is 0 Å². The first kappa shape index (κ1) is 12.4.